The van der Waals surface area contributed by atoms with Gasteiger partial charge in [-0.15, -0.1) is 0 Å². The van der Waals surface area contributed by atoms with Crippen molar-refractivity contribution in [1.82, 2.24) is 14.8 Å². The third-order valence-corrected chi connectivity index (χ3v) is 7.87. The lowest BCUT2D eigenvalue weighted by atomic mass is 9.93. The van der Waals surface area contributed by atoms with Gasteiger partial charge in [0.2, 0.25) is 12.4 Å². The van der Waals surface area contributed by atoms with Gasteiger partial charge in [0, 0.05) is 67.1 Å². The Labute approximate surface area is 251 Å². The molecule has 232 valence electrons. The number of benzene rings is 2. The van der Waals surface area contributed by atoms with Crippen molar-refractivity contribution < 1.29 is 22.4 Å². The molecular weight excluding hydrogens is 558 g/mol. The SMILES string of the molecule is CCCc1cc(-c2cc(-c3ccc(N4CCN(CCCC(F)F)CC4)c(CN(C)C)c3)c(F)nc2N)c(F)cc1C(C)=O. The molecule has 0 aliphatic carbocycles. The number of nitrogen functional groups attached to an aromatic ring is 1. The molecule has 2 heterocycles. The van der Waals surface area contributed by atoms with E-state index in [9.17, 15) is 13.6 Å². The third kappa shape index (κ3) is 7.92. The van der Waals surface area contributed by atoms with Gasteiger partial charge in [-0.3, -0.25) is 9.69 Å². The molecule has 0 saturated carbocycles. The van der Waals surface area contributed by atoms with E-state index in [1.165, 1.54) is 19.1 Å². The number of nitrogens with two attached hydrogens (primary N) is 1. The number of piperazine rings is 1. The lowest BCUT2D eigenvalue weighted by molar-refractivity contribution is 0.101. The number of carbonyl (C=O) groups is 1. The van der Waals surface area contributed by atoms with E-state index in [2.05, 4.69) is 14.8 Å². The van der Waals surface area contributed by atoms with Crippen LogP contribution in [-0.4, -0.2) is 73.8 Å². The van der Waals surface area contributed by atoms with Crippen molar-refractivity contribution in [3.05, 3.63) is 64.9 Å². The van der Waals surface area contributed by atoms with Gasteiger partial charge in [0.15, 0.2) is 5.78 Å². The van der Waals surface area contributed by atoms with E-state index in [1.54, 1.807) is 6.07 Å². The topological polar surface area (TPSA) is 65.7 Å². The average Bonchev–Trinajstić information content (AvgIpc) is 2.94. The number of anilines is 2. The summed E-state index contributed by atoms with van der Waals surface area (Å²) in [6, 6.07) is 10.1. The Morgan fingerprint density at radius 3 is 2.35 bits per heavy atom. The van der Waals surface area contributed by atoms with Gasteiger partial charge in [-0.2, -0.15) is 4.39 Å². The highest BCUT2D eigenvalue weighted by Gasteiger charge is 2.22. The average molecular weight is 600 g/mol. The Morgan fingerprint density at radius 1 is 1.00 bits per heavy atom. The normalized spacial score (nSPS) is 14.2. The first-order valence-corrected chi connectivity index (χ1v) is 14.8. The summed E-state index contributed by atoms with van der Waals surface area (Å²) in [6.07, 6.45) is -0.517. The van der Waals surface area contributed by atoms with Crippen molar-refractivity contribution in [3.8, 4) is 22.3 Å². The Hall–Kier alpha value is -3.50. The number of aromatic nitrogens is 1. The van der Waals surface area contributed by atoms with Crippen molar-refractivity contribution >= 4 is 17.3 Å². The van der Waals surface area contributed by atoms with Crippen LogP contribution < -0.4 is 10.6 Å². The quantitative estimate of drug-likeness (QED) is 0.143. The van der Waals surface area contributed by atoms with Gasteiger partial charge < -0.3 is 15.5 Å². The summed E-state index contributed by atoms with van der Waals surface area (Å²) in [5.74, 6) is -1.72. The molecule has 10 heteroatoms. The number of ketones is 1. The Balaban J connectivity index is 1.67. The summed E-state index contributed by atoms with van der Waals surface area (Å²) in [5.41, 5.74) is 10.4. The van der Waals surface area contributed by atoms with E-state index in [4.69, 9.17) is 5.73 Å². The minimum absolute atomic E-state index is 0.0802. The second-order valence-corrected chi connectivity index (χ2v) is 11.5. The zero-order valence-corrected chi connectivity index (χ0v) is 25.4. The highest BCUT2D eigenvalue weighted by Crippen LogP contribution is 2.36. The summed E-state index contributed by atoms with van der Waals surface area (Å²) in [5, 5.41) is 0. The van der Waals surface area contributed by atoms with Gasteiger partial charge in [0.25, 0.3) is 0 Å². The molecule has 2 aromatic carbocycles. The second kappa shape index (κ2) is 14.3. The number of pyridine rings is 1. The molecule has 0 bridgehead atoms. The molecule has 43 heavy (non-hydrogen) atoms. The molecule has 2 N–H and O–H groups in total. The van der Waals surface area contributed by atoms with Gasteiger partial charge in [0.05, 0.1) is 0 Å². The van der Waals surface area contributed by atoms with Crippen LogP contribution in [-0.2, 0) is 13.0 Å². The first kappa shape index (κ1) is 32.4. The fourth-order valence-electron chi connectivity index (χ4n) is 5.76. The summed E-state index contributed by atoms with van der Waals surface area (Å²) >= 11 is 0. The molecule has 1 aliphatic rings. The maximum absolute atomic E-state index is 15.4. The Kier molecular flexibility index (Phi) is 10.8. The number of Topliss-reactive ketones (excluding diaryl/α,β-unsaturated/α-hetero) is 1. The third-order valence-electron chi connectivity index (χ3n) is 7.87. The molecule has 0 spiro atoms. The van der Waals surface area contributed by atoms with Crippen LogP contribution >= 0.6 is 0 Å². The molecule has 1 aromatic heterocycles. The summed E-state index contributed by atoms with van der Waals surface area (Å²) in [6.45, 7) is 7.72. The Morgan fingerprint density at radius 2 is 1.72 bits per heavy atom. The van der Waals surface area contributed by atoms with Crippen LogP contribution in [0.25, 0.3) is 22.3 Å². The van der Waals surface area contributed by atoms with E-state index in [0.717, 1.165) is 43.9 Å². The lowest BCUT2D eigenvalue weighted by Gasteiger charge is -2.37. The predicted octanol–water partition coefficient (Wildman–Crippen LogP) is 6.66. The molecule has 0 atom stereocenters. The van der Waals surface area contributed by atoms with Crippen molar-refractivity contribution in [2.24, 2.45) is 0 Å². The van der Waals surface area contributed by atoms with Crippen LogP contribution in [0, 0.1) is 11.8 Å². The standard InChI is InChI=1S/C33H41F4N5O/c1-5-7-22-17-27(29(34)19-25(22)21(2)43)28-18-26(32(37)39-33(28)38)23-9-10-30(24(16-23)20-40(3)4)42-14-12-41(13-15-42)11-6-8-31(35)36/h9-10,16-19,31H,5-8,11-15,20H2,1-4H3,(H2,38,39). The zero-order valence-electron chi connectivity index (χ0n) is 25.4. The van der Waals surface area contributed by atoms with Crippen molar-refractivity contribution in [3.63, 3.8) is 0 Å². The molecule has 6 nitrogen and oxygen atoms in total. The van der Waals surface area contributed by atoms with Gasteiger partial charge in [-0.1, -0.05) is 19.4 Å². The number of rotatable bonds is 12. The summed E-state index contributed by atoms with van der Waals surface area (Å²) in [4.78, 5) is 22.6. The highest BCUT2D eigenvalue weighted by atomic mass is 19.3. The molecule has 0 unspecified atom stereocenters. The number of aryl methyl sites for hydroxylation is 1. The fourth-order valence-corrected chi connectivity index (χ4v) is 5.76. The van der Waals surface area contributed by atoms with Crippen LogP contribution in [0.4, 0.5) is 29.1 Å². The first-order chi connectivity index (χ1) is 20.5. The molecule has 0 radical (unpaired) electrons. The van der Waals surface area contributed by atoms with Crippen LogP contribution in [0.3, 0.4) is 0 Å². The smallest absolute Gasteiger partial charge is 0.238 e. The van der Waals surface area contributed by atoms with Crippen LogP contribution in [0.1, 0.15) is 54.6 Å². The van der Waals surface area contributed by atoms with Crippen molar-refractivity contribution in [1.29, 1.82) is 0 Å². The van der Waals surface area contributed by atoms with E-state index < -0.39 is 18.2 Å². The maximum Gasteiger partial charge on any atom is 0.238 e. The monoisotopic (exact) mass is 599 g/mol. The van der Waals surface area contributed by atoms with E-state index >= 15 is 8.78 Å². The maximum atomic E-state index is 15.4. The minimum atomic E-state index is -2.27. The summed E-state index contributed by atoms with van der Waals surface area (Å²) < 4.78 is 55.8. The number of halogens is 4. The van der Waals surface area contributed by atoms with Gasteiger partial charge >= 0.3 is 0 Å². The van der Waals surface area contributed by atoms with E-state index in [0.29, 0.717) is 42.6 Å². The first-order valence-electron chi connectivity index (χ1n) is 14.8. The molecule has 3 aromatic rings. The van der Waals surface area contributed by atoms with E-state index in [1.807, 2.05) is 44.1 Å². The van der Waals surface area contributed by atoms with E-state index in [-0.39, 0.29) is 34.7 Å². The largest absolute Gasteiger partial charge is 0.383 e. The van der Waals surface area contributed by atoms with Gasteiger partial charge in [-0.05, 0) is 87.4 Å². The predicted molar refractivity (Wildman–Crippen MR) is 165 cm³/mol. The van der Waals surface area contributed by atoms with Gasteiger partial charge in [-0.25, -0.2) is 18.2 Å². The number of carbonyl (C=O) groups excluding carboxylic acids is 1. The zero-order chi connectivity index (χ0) is 31.3. The molecule has 1 saturated heterocycles. The molecule has 1 fully saturated rings. The number of hydrogen-bond donors (Lipinski definition) is 1. The minimum Gasteiger partial charge on any atom is -0.383 e. The van der Waals surface area contributed by atoms with Crippen molar-refractivity contribution in [2.75, 3.05) is 57.5 Å². The van der Waals surface area contributed by atoms with Gasteiger partial charge in [0.1, 0.15) is 11.6 Å². The lowest BCUT2D eigenvalue weighted by Crippen LogP contribution is -2.47. The number of alkyl halides is 2. The molecular formula is C33H41F4N5O. The highest BCUT2D eigenvalue weighted by molar-refractivity contribution is 5.96. The Bertz CT molecular complexity index is 1440. The number of hydrogen-bond acceptors (Lipinski definition) is 6. The molecule has 0 amide bonds. The fraction of sp³-hybridized carbons (Fsp3) is 0.455. The van der Waals surface area contributed by atoms with Crippen molar-refractivity contribution in [2.45, 2.75) is 52.5 Å². The second-order valence-electron chi connectivity index (χ2n) is 11.5. The molecule has 1 aliphatic heterocycles. The number of nitrogens with zero attached hydrogens (tertiary/aromatic N) is 4. The summed E-state index contributed by atoms with van der Waals surface area (Å²) in [7, 11) is 3.92. The molecule has 4 rings (SSSR count). The van der Waals surface area contributed by atoms with Crippen LogP contribution in [0.15, 0.2) is 36.4 Å². The van der Waals surface area contributed by atoms with Crippen LogP contribution in [0.5, 0.6) is 0 Å². The van der Waals surface area contributed by atoms with Crippen LogP contribution in [0.2, 0.25) is 0 Å².